The summed E-state index contributed by atoms with van der Waals surface area (Å²) in [6.45, 7) is 5.21. The maximum absolute atomic E-state index is 10.8. The number of carbonyl (C=O) groups is 1. The number of hydrogen-bond acceptors (Lipinski definition) is 3. The van der Waals surface area contributed by atoms with Crippen LogP contribution in [0.2, 0.25) is 0 Å². The molecule has 1 aliphatic heterocycles. The van der Waals surface area contributed by atoms with Crippen molar-refractivity contribution in [3.8, 4) is 0 Å². The lowest BCUT2D eigenvalue weighted by Crippen LogP contribution is -2.21. The van der Waals surface area contributed by atoms with Crippen LogP contribution in [0.4, 0.5) is 0 Å². The number of esters is 1. The summed E-state index contributed by atoms with van der Waals surface area (Å²) < 4.78 is 9.05. The van der Waals surface area contributed by atoms with Gasteiger partial charge in [-0.05, 0) is 6.92 Å². The molecule has 0 N–H and O–H groups in total. The highest BCUT2D eigenvalue weighted by molar-refractivity contribution is 5.87. The van der Waals surface area contributed by atoms with E-state index in [0.717, 1.165) is 0 Å². The minimum Gasteiger partial charge on any atom is -0.427 e. The summed E-state index contributed by atoms with van der Waals surface area (Å²) >= 11 is 0. The van der Waals surface area contributed by atoms with Gasteiger partial charge in [-0.1, -0.05) is 6.58 Å². The van der Waals surface area contributed by atoms with E-state index in [4.69, 9.17) is 0 Å². The first kappa shape index (κ1) is 8.23. The molecule has 1 fully saturated rings. The molecule has 0 amide bonds. The van der Waals surface area contributed by atoms with E-state index in [-0.39, 0.29) is 5.57 Å². The molecule has 2 atom stereocenters. The molecule has 0 aromatic heterocycles. The fourth-order valence-electron chi connectivity index (χ4n) is 0.495. The molecule has 4 heteroatoms. The SMILES string of the molecule is C=C(C)C(=O)OC([O])C1CO1. The highest BCUT2D eigenvalue weighted by Gasteiger charge is 2.35. The molecule has 1 saturated heterocycles. The Morgan fingerprint density at radius 3 is 2.73 bits per heavy atom. The number of ether oxygens (including phenoxy) is 2. The maximum Gasteiger partial charge on any atom is 0.335 e. The van der Waals surface area contributed by atoms with E-state index in [2.05, 4.69) is 16.1 Å². The zero-order chi connectivity index (χ0) is 8.43. The van der Waals surface area contributed by atoms with Gasteiger partial charge in [0.15, 0.2) is 0 Å². The van der Waals surface area contributed by atoms with Crippen molar-refractivity contribution in [2.24, 2.45) is 0 Å². The molecule has 0 aromatic carbocycles. The molecule has 11 heavy (non-hydrogen) atoms. The lowest BCUT2D eigenvalue weighted by atomic mass is 10.3. The Morgan fingerprint density at radius 1 is 1.82 bits per heavy atom. The molecule has 0 spiro atoms. The highest BCUT2D eigenvalue weighted by Crippen LogP contribution is 2.15. The molecule has 0 saturated carbocycles. The van der Waals surface area contributed by atoms with Crippen molar-refractivity contribution in [3.63, 3.8) is 0 Å². The normalized spacial score (nSPS) is 24.0. The Morgan fingerprint density at radius 2 is 2.36 bits per heavy atom. The average molecular weight is 157 g/mol. The zero-order valence-electron chi connectivity index (χ0n) is 6.20. The lowest BCUT2D eigenvalue weighted by Gasteiger charge is -2.05. The number of rotatable bonds is 3. The van der Waals surface area contributed by atoms with Gasteiger partial charge < -0.3 is 9.47 Å². The molecule has 2 unspecified atom stereocenters. The van der Waals surface area contributed by atoms with E-state index in [1.54, 1.807) is 0 Å². The van der Waals surface area contributed by atoms with Crippen molar-refractivity contribution in [1.29, 1.82) is 0 Å². The minimum absolute atomic E-state index is 0.228. The van der Waals surface area contributed by atoms with Gasteiger partial charge in [0, 0.05) is 5.57 Å². The Kier molecular flexibility index (Phi) is 2.26. The molecule has 0 bridgehead atoms. The predicted molar refractivity (Wildman–Crippen MR) is 35.1 cm³/mol. The quantitative estimate of drug-likeness (QED) is 0.255. The fourth-order valence-corrected chi connectivity index (χ4v) is 0.495. The van der Waals surface area contributed by atoms with Crippen molar-refractivity contribution in [3.05, 3.63) is 12.2 Å². The van der Waals surface area contributed by atoms with Crippen LogP contribution in [-0.2, 0) is 19.4 Å². The van der Waals surface area contributed by atoms with Crippen LogP contribution in [0.3, 0.4) is 0 Å². The maximum atomic E-state index is 10.8. The zero-order valence-corrected chi connectivity index (χ0v) is 6.20. The third-order valence-electron chi connectivity index (χ3n) is 1.23. The molecule has 1 rings (SSSR count). The van der Waals surface area contributed by atoms with Gasteiger partial charge in [0.1, 0.15) is 6.10 Å². The van der Waals surface area contributed by atoms with Crippen LogP contribution < -0.4 is 0 Å². The first-order chi connectivity index (χ1) is 5.11. The topological polar surface area (TPSA) is 58.7 Å². The van der Waals surface area contributed by atoms with Crippen LogP contribution >= 0.6 is 0 Å². The van der Waals surface area contributed by atoms with E-state index in [1.807, 2.05) is 0 Å². The summed E-state index contributed by atoms with van der Waals surface area (Å²) in [5.41, 5.74) is 0.228. The standard InChI is InChI=1S/C7H9O4/c1-4(2)6(8)11-7(9)5-3-10-5/h5,7H,1,3H2,2H3. The predicted octanol–water partition coefficient (Wildman–Crippen LogP) is 0.261. The van der Waals surface area contributed by atoms with Crippen LogP contribution in [0.25, 0.3) is 0 Å². The van der Waals surface area contributed by atoms with Crippen LogP contribution in [0.5, 0.6) is 0 Å². The summed E-state index contributed by atoms with van der Waals surface area (Å²) in [6.07, 6.45) is -1.84. The molecule has 1 aliphatic rings. The molecule has 4 nitrogen and oxygen atoms in total. The van der Waals surface area contributed by atoms with Crippen LogP contribution in [0.15, 0.2) is 12.2 Å². The van der Waals surface area contributed by atoms with Crippen molar-refractivity contribution in [2.45, 2.75) is 19.3 Å². The monoisotopic (exact) mass is 157 g/mol. The van der Waals surface area contributed by atoms with Crippen LogP contribution in [-0.4, -0.2) is 25.0 Å². The molecule has 0 aromatic rings. The van der Waals surface area contributed by atoms with Crippen molar-refractivity contribution < 1.29 is 19.4 Å². The van der Waals surface area contributed by atoms with Gasteiger partial charge in [-0.15, -0.1) is 0 Å². The Balaban J connectivity index is 2.28. The second-order valence-corrected chi connectivity index (χ2v) is 2.43. The molecular weight excluding hydrogens is 148 g/mol. The summed E-state index contributed by atoms with van der Waals surface area (Å²) in [5, 5.41) is 10.8. The largest absolute Gasteiger partial charge is 0.427 e. The van der Waals surface area contributed by atoms with E-state index < -0.39 is 18.4 Å². The Hall–Kier alpha value is -0.870. The van der Waals surface area contributed by atoms with Crippen molar-refractivity contribution in [2.75, 3.05) is 6.61 Å². The number of epoxide rings is 1. The molecular formula is C7H9O4. The van der Waals surface area contributed by atoms with Gasteiger partial charge in [0.2, 0.25) is 0 Å². The number of carbonyl (C=O) groups excluding carboxylic acids is 1. The minimum atomic E-state index is -1.39. The first-order valence-electron chi connectivity index (χ1n) is 3.25. The summed E-state index contributed by atoms with van der Waals surface area (Å²) in [5.74, 6) is -0.652. The second kappa shape index (κ2) is 3.02. The average Bonchev–Trinajstić information content (AvgIpc) is 2.67. The smallest absolute Gasteiger partial charge is 0.335 e. The lowest BCUT2D eigenvalue weighted by molar-refractivity contribution is -0.178. The molecule has 0 aliphatic carbocycles. The van der Waals surface area contributed by atoms with Gasteiger partial charge in [0.25, 0.3) is 6.29 Å². The van der Waals surface area contributed by atoms with Gasteiger partial charge in [-0.3, -0.25) is 0 Å². The molecule has 1 heterocycles. The van der Waals surface area contributed by atoms with Gasteiger partial charge in [0.05, 0.1) is 6.61 Å². The molecule has 1 radical (unpaired) electrons. The second-order valence-electron chi connectivity index (χ2n) is 2.43. The van der Waals surface area contributed by atoms with Gasteiger partial charge >= 0.3 is 5.97 Å². The van der Waals surface area contributed by atoms with E-state index in [0.29, 0.717) is 6.61 Å². The Labute approximate surface area is 64.4 Å². The van der Waals surface area contributed by atoms with Gasteiger partial charge in [-0.2, -0.15) is 5.11 Å². The van der Waals surface area contributed by atoms with Gasteiger partial charge in [-0.25, -0.2) is 4.79 Å². The Bertz CT molecular complexity index is 183. The summed E-state index contributed by atoms with van der Waals surface area (Å²) in [6, 6.07) is 0. The summed E-state index contributed by atoms with van der Waals surface area (Å²) in [7, 11) is 0. The van der Waals surface area contributed by atoms with Crippen molar-refractivity contribution >= 4 is 5.97 Å². The number of hydrogen-bond donors (Lipinski definition) is 0. The highest BCUT2D eigenvalue weighted by atomic mass is 16.7. The summed E-state index contributed by atoms with van der Waals surface area (Å²) in [4.78, 5) is 10.7. The first-order valence-corrected chi connectivity index (χ1v) is 3.25. The van der Waals surface area contributed by atoms with Crippen molar-refractivity contribution in [1.82, 2.24) is 0 Å². The van der Waals surface area contributed by atoms with E-state index in [1.165, 1.54) is 6.92 Å². The van der Waals surface area contributed by atoms with E-state index in [9.17, 15) is 9.90 Å². The van der Waals surface area contributed by atoms with Crippen LogP contribution in [0.1, 0.15) is 6.92 Å². The third kappa shape index (κ3) is 2.32. The third-order valence-corrected chi connectivity index (χ3v) is 1.23. The van der Waals surface area contributed by atoms with Crippen LogP contribution in [0, 0.1) is 0 Å². The fraction of sp³-hybridized carbons (Fsp3) is 0.571. The van der Waals surface area contributed by atoms with E-state index >= 15 is 0 Å². The molecule has 61 valence electrons.